The van der Waals surface area contributed by atoms with Crippen molar-refractivity contribution in [2.45, 2.75) is 89.8 Å². The fourth-order valence-electron chi connectivity index (χ4n) is 4.25. The molecule has 0 aliphatic heterocycles. The van der Waals surface area contributed by atoms with E-state index in [9.17, 15) is 14.4 Å². The number of aryl methyl sites for hydroxylation is 1. The van der Waals surface area contributed by atoms with Crippen molar-refractivity contribution in [3.05, 3.63) is 34.8 Å². The highest BCUT2D eigenvalue weighted by Gasteiger charge is 2.34. The first-order chi connectivity index (χ1) is 15.2. The van der Waals surface area contributed by atoms with Crippen molar-refractivity contribution in [3.8, 4) is 0 Å². The third kappa shape index (κ3) is 6.61. The van der Waals surface area contributed by atoms with Crippen LogP contribution in [0.4, 0.5) is 4.79 Å². The minimum absolute atomic E-state index is 0.0968. The molecule has 0 bridgehead atoms. The van der Waals surface area contributed by atoms with Gasteiger partial charge in [-0.2, -0.15) is 0 Å². The van der Waals surface area contributed by atoms with Crippen LogP contribution in [0.5, 0.6) is 0 Å². The van der Waals surface area contributed by atoms with Crippen LogP contribution in [0.25, 0.3) is 11.1 Å². The summed E-state index contributed by atoms with van der Waals surface area (Å²) in [6.45, 7) is 6.29. The molecule has 8 heteroatoms. The van der Waals surface area contributed by atoms with Gasteiger partial charge in [-0.15, -0.1) is 0 Å². The Morgan fingerprint density at radius 2 is 1.81 bits per heavy atom. The lowest BCUT2D eigenvalue weighted by molar-refractivity contribution is -0.121. The number of nitrogens with zero attached hydrogens (tertiary/aromatic N) is 1. The highest BCUT2D eigenvalue weighted by molar-refractivity contribution is 5.76. The van der Waals surface area contributed by atoms with E-state index in [0.29, 0.717) is 25.1 Å². The zero-order valence-electron chi connectivity index (χ0n) is 19.4. The van der Waals surface area contributed by atoms with E-state index in [1.54, 1.807) is 10.6 Å². The largest absolute Gasteiger partial charge is 0.444 e. The van der Waals surface area contributed by atoms with Gasteiger partial charge in [-0.3, -0.25) is 9.36 Å². The molecule has 0 spiro atoms. The van der Waals surface area contributed by atoms with E-state index in [-0.39, 0.29) is 12.3 Å². The predicted octanol–water partition coefficient (Wildman–Crippen LogP) is 4.11. The number of hydrogen-bond acceptors (Lipinski definition) is 5. The maximum absolute atomic E-state index is 12.5. The van der Waals surface area contributed by atoms with Crippen LogP contribution in [0, 0.1) is 0 Å². The van der Waals surface area contributed by atoms with E-state index in [2.05, 4.69) is 10.6 Å². The first-order valence-electron chi connectivity index (χ1n) is 11.5. The number of alkyl carbamates (subject to hydrolysis) is 1. The van der Waals surface area contributed by atoms with E-state index in [1.807, 2.05) is 39.0 Å². The number of hydrogen-bond donors (Lipinski definition) is 2. The van der Waals surface area contributed by atoms with Gasteiger partial charge in [0.25, 0.3) is 0 Å². The maximum Gasteiger partial charge on any atom is 0.419 e. The summed E-state index contributed by atoms with van der Waals surface area (Å²) in [7, 11) is 0. The molecule has 0 saturated heterocycles. The third-order valence-corrected chi connectivity index (χ3v) is 5.81. The van der Waals surface area contributed by atoms with E-state index < -0.39 is 23.0 Å². The predicted molar refractivity (Wildman–Crippen MR) is 123 cm³/mol. The second kappa shape index (κ2) is 10.2. The Hall–Kier alpha value is -2.77. The van der Waals surface area contributed by atoms with E-state index in [1.165, 1.54) is 0 Å². The van der Waals surface area contributed by atoms with Crippen LogP contribution in [0.3, 0.4) is 0 Å². The van der Waals surface area contributed by atoms with Crippen LogP contribution >= 0.6 is 0 Å². The summed E-state index contributed by atoms with van der Waals surface area (Å²) in [6, 6.07) is 7.25. The Labute approximate surface area is 188 Å². The number of rotatable bonds is 7. The molecule has 0 radical (unpaired) electrons. The Morgan fingerprint density at radius 1 is 1.12 bits per heavy atom. The fourth-order valence-corrected chi connectivity index (χ4v) is 4.25. The molecule has 0 unspecified atom stereocenters. The minimum Gasteiger partial charge on any atom is -0.444 e. The van der Waals surface area contributed by atoms with Crippen LogP contribution in [-0.4, -0.2) is 34.3 Å². The van der Waals surface area contributed by atoms with Gasteiger partial charge in [0.2, 0.25) is 5.91 Å². The number of fused-ring (bicyclic) bond motifs is 1. The Balaban J connectivity index is 1.54. The number of benzene rings is 1. The molecule has 1 heterocycles. The molecule has 1 aliphatic rings. The van der Waals surface area contributed by atoms with Gasteiger partial charge in [0.15, 0.2) is 5.58 Å². The lowest BCUT2D eigenvalue weighted by Gasteiger charge is -2.35. The molecule has 176 valence electrons. The number of nitrogens with one attached hydrogen (secondary N) is 2. The monoisotopic (exact) mass is 445 g/mol. The molecular formula is C24H35N3O5. The number of ether oxygens (including phenoxy) is 1. The topological polar surface area (TPSA) is 103 Å². The van der Waals surface area contributed by atoms with Gasteiger partial charge in [0.1, 0.15) is 5.60 Å². The van der Waals surface area contributed by atoms with Gasteiger partial charge in [-0.25, -0.2) is 9.59 Å². The molecule has 1 fully saturated rings. The number of carbonyl (C=O) groups excluding carboxylic acids is 2. The van der Waals surface area contributed by atoms with Crippen LogP contribution in [0.2, 0.25) is 0 Å². The van der Waals surface area contributed by atoms with Crippen LogP contribution in [-0.2, 0) is 16.1 Å². The highest BCUT2D eigenvalue weighted by Crippen LogP contribution is 2.27. The fraction of sp³-hybridized carbons (Fsp3) is 0.625. The van der Waals surface area contributed by atoms with Crippen molar-refractivity contribution in [3.63, 3.8) is 0 Å². The normalized spacial score (nSPS) is 16.3. The smallest absolute Gasteiger partial charge is 0.419 e. The molecule has 2 N–H and O–H groups in total. The Morgan fingerprint density at radius 3 is 2.50 bits per heavy atom. The standard InChI is InChI=1S/C24H35N3O5/c1-23(2,3)32-21(29)26-24(14-8-4-5-9-15-24)17-25-20(28)13-10-16-27-18-11-6-7-12-19(18)31-22(27)30/h6-7,11-12H,4-5,8-10,13-17H2,1-3H3,(H,25,28)(H,26,29). The summed E-state index contributed by atoms with van der Waals surface area (Å²) >= 11 is 0. The van der Waals surface area contributed by atoms with E-state index >= 15 is 0 Å². The van der Waals surface area contributed by atoms with Crippen LogP contribution in [0.1, 0.15) is 72.1 Å². The van der Waals surface area contributed by atoms with Gasteiger partial charge in [-0.05, 0) is 52.2 Å². The van der Waals surface area contributed by atoms with Crippen molar-refractivity contribution in [2.75, 3.05) is 6.54 Å². The Bertz CT molecular complexity index is 977. The summed E-state index contributed by atoms with van der Waals surface area (Å²) in [5.41, 5.74) is 0.211. The first kappa shape index (κ1) is 23.9. The molecule has 2 aromatic rings. The average molecular weight is 446 g/mol. The number of aromatic nitrogens is 1. The summed E-state index contributed by atoms with van der Waals surface area (Å²) < 4.78 is 12.3. The Kier molecular flexibility index (Phi) is 7.64. The van der Waals surface area contributed by atoms with Gasteiger partial charge in [-0.1, -0.05) is 37.8 Å². The number of para-hydroxylation sites is 2. The van der Waals surface area contributed by atoms with Gasteiger partial charge in [0, 0.05) is 19.5 Å². The second-order valence-electron chi connectivity index (χ2n) is 9.69. The molecule has 1 saturated carbocycles. The number of oxazole rings is 1. The van der Waals surface area contributed by atoms with Gasteiger partial charge >= 0.3 is 11.8 Å². The number of amides is 2. The average Bonchev–Trinajstić information content (AvgIpc) is 2.86. The molecule has 1 aromatic heterocycles. The van der Waals surface area contributed by atoms with E-state index in [4.69, 9.17) is 9.15 Å². The summed E-state index contributed by atoms with van der Waals surface area (Å²) in [4.78, 5) is 37.1. The first-order valence-corrected chi connectivity index (χ1v) is 11.5. The molecule has 8 nitrogen and oxygen atoms in total. The van der Waals surface area contributed by atoms with Gasteiger partial charge in [0.05, 0.1) is 11.1 Å². The summed E-state index contributed by atoms with van der Waals surface area (Å²) in [5, 5.41) is 6.06. The summed E-state index contributed by atoms with van der Waals surface area (Å²) in [5.74, 6) is -0.508. The van der Waals surface area contributed by atoms with E-state index in [0.717, 1.165) is 44.0 Å². The maximum atomic E-state index is 12.5. The lowest BCUT2D eigenvalue weighted by Crippen LogP contribution is -2.56. The SMILES string of the molecule is CC(C)(C)OC(=O)NC1(CNC(=O)CCCn2c(=O)oc3ccccc32)CCCCCC1. The number of carbonyl (C=O) groups is 2. The molecule has 32 heavy (non-hydrogen) atoms. The lowest BCUT2D eigenvalue weighted by atomic mass is 9.90. The van der Waals surface area contributed by atoms with Crippen LogP contribution in [0.15, 0.2) is 33.5 Å². The van der Waals surface area contributed by atoms with Crippen molar-refractivity contribution in [1.82, 2.24) is 15.2 Å². The quantitative estimate of drug-likeness (QED) is 0.625. The molecule has 3 rings (SSSR count). The zero-order chi connectivity index (χ0) is 23.2. The summed E-state index contributed by atoms with van der Waals surface area (Å²) in [6.07, 6.45) is 6.23. The molecule has 2 amide bonds. The van der Waals surface area contributed by atoms with Crippen molar-refractivity contribution in [1.29, 1.82) is 0 Å². The third-order valence-electron chi connectivity index (χ3n) is 5.81. The van der Waals surface area contributed by atoms with Crippen molar-refractivity contribution >= 4 is 23.1 Å². The van der Waals surface area contributed by atoms with Crippen molar-refractivity contribution in [2.24, 2.45) is 0 Å². The van der Waals surface area contributed by atoms with Crippen molar-refractivity contribution < 1.29 is 18.7 Å². The molecule has 0 atom stereocenters. The molecule has 1 aromatic carbocycles. The zero-order valence-corrected chi connectivity index (χ0v) is 19.4. The minimum atomic E-state index is -0.575. The van der Waals surface area contributed by atoms with Crippen LogP contribution < -0.4 is 16.4 Å². The van der Waals surface area contributed by atoms with Gasteiger partial charge < -0.3 is 19.8 Å². The highest BCUT2D eigenvalue weighted by atomic mass is 16.6. The second-order valence-corrected chi connectivity index (χ2v) is 9.69. The molecule has 1 aliphatic carbocycles. The molecular weight excluding hydrogens is 410 g/mol.